The summed E-state index contributed by atoms with van der Waals surface area (Å²) in [6.07, 6.45) is 25.5. The molecule has 238 valence electrons. The molecule has 6 nitrogen and oxygen atoms in total. The molecule has 0 spiro atoms. The Bertz CT molecular complexity index is 807. The molecule has 0 aromatic heterocycles. The Morgan fingerprint density at radius 2 is 0.878 bits per heavy atom. The molecule has 41 heavy (non-hydrogen) atoms. The fraction of sp³-hybridized carbons (Fsp3) is 0.800. The Hall–Kier alpha value is -2.11. The highest BCUT2D eigenvalue weighted by Crippen LogP contribution is 2.49. The van der Waals surface area contributed by atoms with Crippen molar-refractivity contribution in [3.8, 4) is 23.0 Å². The summed E-state index contributed by atoms with van der Waals surface area (Å²) in [7, 11) is 0. The Balaban J connectivity index is 2.95. The van der Waals surface area contributed by atoms with Crippen molar-refractivity contribution in [3.05, 3.63) is 11.1 Å². The van der Waals surface area contributed by atoms with Crippen LogP contribution in [0.5, 0.6) is 23.0 Å². The summed E-state index contributed by atoms with van der Waals surface area (Å²) in [4.78, 5) is 12.2. The van der Waals surface area contributed by atoms with Crippen LogP contribution in [0.15, 0.2) is 0 Å². The summed E-state index contributed by atoms with van der Waals surface area (Å²) in [5.41, 5.74) is 0.180. The molecule has 0 amide bonds. The molecule has 3 N–H and O–H groups in total. The maximum absolute atomic E-state index is 12.2. The predicted octanol–water partition coefficient (Wildman–Crippen LogP) is 10.7. The molecule has 1 aromatic carbocycles. The van der Waals surface area contributed by atoms with Gasteiger partial charge in [-0.1, -0.05) is 143 Å². The molecular weight excluding hydrogens is 516 g/mol. The maximum atomic E-state index is 12.2. The molecule has 6 heteroatoms. The van der Waals surface area contributed by atoms with Crippen LogP contribution in [0.2, 0.25) is 0 Å². The van der Waals surface area contributed by atoms with Crippen molar-refractivity contribution >= 4 is 5.97 Å². The van der Waals surface area contributed by atoms with Gasteiger partial charge in [0.05, 0.1) is 13.2 Å². The van der Waals surface area contributed by atoms with Gasteiger partial charge in [0, 0.05) is 5.56 Å². The van der Waals surface area contributed by atoms with Crippen LogP contribution in [0.25, 0.3) is 0 Å². The highest BCUT2D eigenvalue weighted by atomic mass is 16.5. The van der Waals surface area contributed by atoms with Crippen LogP contribution >= 0.6 is 0 Å². The molecule has 0 heterocycles. The number of rotatable bonds is 28. The van der Waals surface area contributed by atoms with Gasteiger partial charge in [-0.3, -0.25) is 0 Å². The number of hydrogen-bond acceptors (Lipinski definition) is 5. The van der Waals surface area contributed by atoms with Gasteiger partial charge < -0.3 is 24.8 Å². The number of unbranched alkanes of at least 4 members (excludes halogenated alkanes) is 19. The van der Waals surface area contributed by atoms with Gasteiger partial charge in [0.25, 0.3) is 0 Å². The van der Waals surface area contributed by atoms with Gasteiger partial charge >= 0.3 is 5.97 Å². The zero-order valence-corrected chi connectivity index (χ0v) is 26.7. The van der Waals surface area contributed by atoms with E-state index in [1.54, 1.807) is 0 Å². The normalized spacial score (nSPS) is 11.2. The number of carboxylic acids is 1. The number of phenols is 2. The highest BCUT2D eigenvalue weighted by Gasteiger charge is 2.29. The van der Waals surface area contributed by atoms with Gasteiger partial charge in [-0.2, -0.15) is 0 Å². The molecule has 1 aromatic rings. The van der Waals surface area contributed by atoms with Crippen molar-refractivity contribution in [2.45, 2.75) is 168 Å². The van der Waals surface area contributed by atoms with E-state index in [9.17, 15) is 20.1 Å². The third kappa shape index (κ3) is 15.6. The van der Waals surface area contributed by atoms with Crippen molar-refractivity contribution in [2.24, 2.45) is 0 Å². The van der Waals surface area contributed by atoms with Gasteiger partial charge in [-0.15, -0.1) is 0 Å². The van der Waals surface area contributed by atoms with Crippen molar-refractivity contribution < 1.29 is 29.6 Å². The van der Waals surface area contributed by atoms with Gasteiger partial charge in [0.1, 0.15) is 5.56 Å². The number of benzene rings is 1. The Labute approximate surface area is 251 Å². The molecular formula is C35H62O6. The van der Waals surface area contributed by atoms with E-state index >= 15 is 0 Å². The second-order valence-corrected chi connectivity index (χ2v) is 11.7. The average Bonchev–Trinajstić information content (AvgIpc) is 2.96. The Morgan fingerprint density at radius 1 is 0.512 bits per heavy atom. The number of phenolic OH excluding ortho intramolecular Hbond substituents is 1. The van der Waals surface area contributed by atoms with Crippen LogP contribution in [0.3, 0.4) is 0 Å². The zero-order valence-electron chi connectivity index (χ0n) is 26.7. The number of hydrogen-bond donors (Lipinski definition) is 3. The van der Waals surface area contributed by atoms with Crippen LogP contribution in [0, 0.1) is 0 Å². The summed E-state index contributed by atoms with van der Waals surface area (Å²) < 4.78 is 12.2. The number of carbonyl (C=O) groups is 1. The van der Waals surface area contributed by atoms with Crippen LogP contribution in [-0.4, -0.2) is 34.5 Å². The minimum Gasteiger partial charge on any atom is -0.504 e. The first-order valence-electron chi connectivity index (χ1n) is 17.1. The second-order valence-electron chi connectivity index (χ2n) is 11.7. The topological polar surface area (TPSA) is 96.2 Å². The molecule has 1 rings (SSSR count). The second kappa shape index (κ2) is 24.5. The summed E-state index contributed by atoms with van der Waals surface area (Å²) in [6.45, 7) is 7.45. The molecule has 0 aliphatic rings. The van der Waals surface area contributed by atoms with E-state index in [0.29, 0.717) is 30.9 Å². The first-order chi connectivity index (χ1) is 20.0. The fourth-order valence-corrected chi connectivity index (χ4v) is 5.38. The third-order valence-corrected chi connectivity index (χ3v) is 7.94. The SMILES string of the molecule is CCCCCCCCCCc1c(OCCCCCCCCC)c(OCCCCCCCCC)c(O)c(O)c1C(=O)O. The van der Waals surface area contributed by atoms with Crippen LogP contribution in [-0.2, 0) is 6.42 Å². The summed E-state index contributed by atoms with van der Waals surface area (Å²) in [5.74, 6) is -2.01. The summed E-state index contributed by atoms with van der Waals surface area (Å²) in [5, 5.41) is 31.6. The molecule has 0 fully saturated rings. The standard InChI is InChI=1S/C35H62O6/c1-4-7-10-13-16-17-20-23-26-29-30(35(38)39)31(36)32(37)34(41-28-25-22-19-15-12-9-6-3)33(29)40-27-24-21-18-14-11-8-5-2/h36-37H,4-28H2,1-3H3,(H,38,39). The van der Waals surface area contributed by atoms with Gasteiger partial charge in [-0.05, 0) is 25.7 Å². The van der Waals surface area contributed by atoms with E-state index in [2.05, 4.69) is 20.8 Å². The number of ether oxygens (including phenoxy) is 2. The minimum atomic E-state index is -1.26. The van der Waals surface area contributed by atoms with Crippen LogP contribution in [0.4, 0.5) is 0 Å². The summed E-state index contributed by atoms with van der Waals surface area (Å²) >= 11 is 0. The Kier molecular flexibility index (Phi) is 22.0. The van der Waals surface area contributed by atoms with Crippen LogP contribution in [0.1, 0.15) is 178 Å². The van der Waals surface area contributed by atoms with Crippen LogP contribution < -0.4 is 9.47 Å². The highest BCUT2D eigenvalue weighted by molar-refractivity contribution is 5.96. The molecule has 0 unspecified atom stereocenters. The smallest absolute Gasteiger partial charge is 0.340 e. The molecule has 0 saturated heterocycles. The maximum Gasteiger partial charge on any atom is 0.340 e. The molecule has 0 radical (unpaired) electrons. The van der Waals surface area contributed by atoms with Gasteiger partial charge in [0.2, 0.25) is 11.5 Å². The van der Waals surface area contributed by atoms with E-state index in [0.717, 1.165) is 57.8 Å². The van der Waals surface area contributed by atoms with E-state index in [1.165, 1.54) is 83.5 Å². The average molecular weight is 579 g/mol. The predicted molar refractivity (Wildman–Crippen MR) is 170 cm³/mol. The zero-order chi connectivity index (χ0) is 30.1. The minimum absolute atomic E-state index is 0.0935. The monoisotopic (exact) mass is 578 g/mol. The van der Waals surface area contributed by atoms with Gasteiger partial charge in [0.15, 0.2) is 11.5 Å². The van der Waals surface area contributed by atoms with Gasteiger partial charge in [-0.25, -0.2) is 4.79 Å². The molecule has 0 aliphatic carbocycles. The Morgan fingerprint density at radius 3 is 1.29 bits per heavy atom. The van der Waals surface area contributed by atoms with Crippen molar-refractivity contribution in [1.29, 1.82) is 0 Å². The number of aromatic carboxylic acids is 1. The van der Waals surface area contributed by atoms with Crippen molar-refractivity contribution in [1.82, 2.24) is 0 Å². The molecule has 0 bridgehead atoms. The lowest BCUT2D eigenvalue weighted by Crippen LogP contribution is -2.11. The number of aromatic hydroxyl groups is 2. The van der Waals surface area contributed by atoms with Crippen molar-refractivity contribution in [2.75, 3.05) is 13.2 Å². The lowest BCUT2D eigenvalue weighted by molar-refractivity contribution is 0.0690. The summed E-state index contributed by atoms with van der Waals surface area (Å²) in [6, 6.07) is 0. The van der Waals surface area contributed by atoms with E-state index in [1.807, 2.05) is 0 Å². The molecule has 0 atom stereocenters. The molecule has 0 saturated carbocycles. The number of carboxylic acid groups (broad SMARTS) is 1. The molecule has 0 aliphatic heterocycles. The quantitative estimate of drug-likeness (QED) is 0.0676. The first-order valence-corrected chi connectivity index (χ1v) is 17.1. The van der Waals surface area contributed by atoms with E-state index in [4.69, 9.17) is 9.47 Å². The lowest BCUT2D eigenvalue weighted by Gasteiger charge is -2.21. The third-order valence-electron chi connectivity index (χ3n) is 7.94. The first kappa shape index (κ1) is 36.9. The van der Waals surface area contributed by atoms with E-state index < -0.39 is 17.5 Å². The van der Waals surface area contributed by atoms with Crippen molar-refractivity contribution in [3.63, 3.8) is 0 Å². The lowest BCUT2D eigenvalue weighted by atomic mass is 9.97. The largest absolute Gasteiger partial charge is 0.504 e. The van der Waals surface area contributed by atoms with E-state index in [-0.39, 0.29) is 11.3 Å². The fourth-order valence-electron chi connectivity index (χ4n) is 5.38.